The van der Waals surface area contributed by atoms with Gasteiger partial charge in [-0.25, -0.2) is 4.98 Å². The number of hydrogen-bond donors (Lipinski definition) is 1. The Morgan fingerprint density at radius 3 is 2.58 bits per heavy atom. The van der Waals surface area contributed by atoms with Crippen molar-refractivity contribution in [2.24, 2.45) is 0 Å². The Morgan fingerprint density at radius 1 is 1.05 bits per heavy atom. The highest BCUT2D eigenvalue weighted by Crippen LogP contribution is 2.55. The molecule has 4 rings (SSSR count). The van der Waals surface area contributed by atoms with Gasteiger partial charge >= 0.3 is 0 Å². The molecule has 94 valence electrons. The highest BCUT2D eigenvalue weighted by Gasteiger charge is 2.48. The number of nitrogens with zero attached hydrogens (tertiary/aromatic N) is 1. The van der Waals surface area contributed by atoms with Crippen LogP contribution in [0, 0.1) is 0 Å². The highest BCUT2D eigenvalue weighted by molar-refractivity contribution is 7.18. The molecule has 0 unspecified atom stereocenters. The minimum atomic E-state index is 0.166. The molecule has 1 heterocycles. The second kappa shape index (κ2) is 3.81. The zero-order valence-electron chi connectivity index (χ0n) is 10.5. The maximum atomic E-state index is 5.85. The van der Waals surface area contributed by atoms with Gasteiger partial charge in [-0.1, -0.05) is 30.3 Å². The SMILES string of the molecule is Nc1ccc2nc(C3(c4ccccc4)CC3)sc2c1. The van der Waals surface area contributed by atoms with Gasteiger partial charge in [0.15, 0.2) is 0 Å². The molecular formula is C16H14N2S. The van der Waals surface area contributed by atoms with E-state index in [-0.39, 0.29) is 5.41 Å². The summed E-state index contributed by atoms with van der Waals surface area (Å²) < 4.78 is 1.19. The molecule has 1 aromatic heterocycles. The summed E-state index contributed by atoms with van der Waals surface area (Å²) in [5, 5.41) is 1.24. The Balaban J connectivity index is 1.86. The summed E-state index contributed by atoms with van der Waals surface area (Å²) in [6.45, 7) is 0. The van der Waals surface area contributed by atoms with Crippen LogP contribution < -0.4 is 5.73 Å². The van der Waals surface area contributed by atoms with Crippen molar-refractivity contribution in [2.45, 2.75) is 18.3 Å². The molecule has 0 aliphatic heterocycles. The third-order valence-corrected chi connectivity index (χ3v) is 5.12. The maximum Gasteiger partial charge on any atom is 0.104 e. The first kappa shape index (κ1) is 11.0. The molecule has 0 saturated heterocycles. The van der Waals surface area contributed by atoms with E-state index in [4.69, 9.17) is 10.7 Å². The zero-order valence-corrected chi connectivity index (χ0v) is 11.3. The first-order valence-corrected chi connectivity index (χ1v) is 7.32. The second-order valence-corrected chi connectivity index (χ2v) is 6.22. The van der Waals surface area contributed by atoms with Crippen molar-refractivity contribution in [1.82, 2.24) is 4.98 Å². The summed E-state index contributed by atoms with van der Waals surface area (Å²) in [4.78, 5) is 4.83. The van der Waals surface area contributed by atoms with Crippen molar-refractivity contribution in [1.29, 1.82) is 0 Å². The van der Waals surface area contributed by atoms with Gasteiger partial charge in [0, 0.05) is 11.1 Å². The van der Waals surface area contributed by atoms with Crippen LogP contribution >= 0.6 is 11.3 Å². The molecule has 1 saturated carbocycles. The van der Waals surface area contributed by atoms with E-state index in [1.165, 1.54) is 28.1 Å². The van der Waals surface area contributed by atoms with Crippen molar-refractivity contribution in [3.63, 3.8) is 0 Å². The van der Waals surface area contributed by atoms with Crippen LogP contribution in [-0.4, -0.2) is 4.98 Å². The van der Waals surface area contributed by atoms with Crippen molar-refractivity contribution in [3.8, 4) is 0 Å². The maximum absolute atomic E-state index is 5.85. The van der Waals surface area contributed by atoms with E-state index in [9.17, 15) is 0 Å². The van der Waals surface area contributed by atoms with E-state index < -0.39 is 0 Å². The molecule has 1 aliphatic rings. The molecule has 0 atom stereocenters. The molecule has 2 aromatic carbocycles. The molecule has 0 amide bonds. The minimum Gasteiger partial charge on any atom is -0.399 e. The summed E-state index contributed by atoms with van der Waals surface area (Å²) in [6, 6.07) is 16.7. The first-order chi connectivity index (χ1) is 9.28. The Morgan fingerprint density at radius 2 is 1.84 bits per heavy atom. The van der Waals surface area contributed by atoms with E-state index >= 15 is 0 Å². The largest absolute Gasteiger partial charge is 0.399 e. The second-order valence-electron chi connectivity index (χ2n) is 5.19. The molecule has 1 aliphatic carbocycles. The molecule has 0 spiro atoms. The van der Waals surface area contributed by atoms with Gasteiger partial charge < -0.3 is 5.73 Å². The summed E-state index contributed by atoms with van der Waals surface area (Å²) >= 11 is 1.78. The number of aromatic nitrogens is 1. The molecule has 1 fully saturated rings. The molecular weight excluding hydrogens is 252 g/mol. The number of rotatable bonds is 2. The molecule has 19 heavy (non-hydrogen) atoms. The molecule has 0 radical (unpaired) electrons. The van der Waals surface area contributed by atoms with Crippen molar-refractivity contribution < 1.29 is 0 Å². The molecule has 0 bridgehead atoms. The topological polar surface area (TPSA) is 38.9 Å². The fourth-order valence-corrected chi connectivity index (χ4v) is 3.94. The molecule has 2 nitrogen and oxygen atoms in total. The zero-order chi connectivity index (χ0) is 12.9. The van der Waals surface area contributed by atoms with Crippen LogP contribution in [0.4, 0.5) is 5.69 Å². The Kier molecular flexibility index (Phi) is 2.21. The number of fused-ring (bicyclic) bond motifs is 1. The lowest BCUT2D eigenvalue weighted by Crippen LogP contribution is -2.07. The van der Waals surface area contributed by atoms with Gasteiger partial charge in [-0.15, -0.1) is 11.3 Å². The average Bonchev–Trinajstić information content (AvgIpc) is 3.14. The monoisotopic (exact) mass is 266 g/mol. The number of anilines is 1. The number of nitrogen functional groups attached to an aromatic ring is 1. The Bertz CT molecular complexity index is 742. The van der Waals surface area contributed by atoms with E-state index in [1.54, 1.807) is 11.3 Å². The van der Waals surface area contributed by atoms with E-state index in [0.29, 0.717) is 0 Å². The first-order valence-electron chi connectivity index (χ1n) is 6.50. The third kappa shape index (κ3) is 1.65. The van der Waals surface area contributed by atoms with Crippen molar-refractivity contribution in [2.75, 3.05) is 5.73 Å². The van der Waals surface area contributed by atoms with Crippen LogP contribution in [0.15, 0.2) is 48.5 Å². The number of thiazole rings is 1. The average molecular weight is 266 g/mol. The fraction of sp³-hybridized carbons (Fsp3) is 0.188. The highest BCUT2D eigenvalue weighted by atomic mass is 32.1. The van der Waals surface area contributed by atoms with Gasteiger partial charge in [0.2, 0.25) is 0 Å². The summed E-state index contributed by atoms with van der Waals surface area (Å²) in [5.74, 6) is 0. The third-order valence-electron chi connectivity index (χ3n) is 3.90. The van der Waals surface area contributed by atoms with Gasteiger partial charge in [0.05, 0.1) is 10.2 Å². The van der Waals surface area contributed by atoms with Crippen LogP contribution in [0.1, 0.15) is 23.4 Å². The summed E-state index contributed by atoms with van der Waals surface area (Å²) in [7, 11) is 0. The quantitative estimate of drug-likeness (QED) is 0.713. The van der Waals surface area contributed by atoms with Gasteiger partial charge in [-0.05, 0) is 36.6 Å². The lowest BCUT2D eigenvalue weighted by Gasteiger charge is -2.11. The van der Waals surface area contributed by atoms with Gasteiger partial charge in [0.25, 0.3) is 0 Å². The Hall–Kier alpha value is -1.87. The van der Waals surface area contributed by atoms with Gasteiger partial charge in [0.1, 0.15) is 5.01 Å². The van der Waals surface area contributed by atoms with E-state index in [0.717, 1.165) is 11.2 Å². The van der Waals surface area contributed by atoms with Crippen LogP contribution in [0.3, 0.4) is 0 Å². The van der Waals surface area contributed by atoms with Crippen LogP contribution in [0.5, 0.6) is 0 Å². The molecule has 2 N–H and O–H groups in total. The number of nitrogens with two attached hydrogens (primary N) is 1. The minimum absolute atomic E-state index is 0.166. The summed E-state index contributed by atoms with van der Waals surface area (Å²) in [5.41, 5.74) is 9.28. The number of benzene rings is 2. The Labute approximate surface area is 115 Å². The van der Waals surface area contributed by atoms with E-state index in [1.807, 2.05) is 18.2 Å². The normalized spacial score (nSPS) is 16.6. The standard InChI is InChI=1S/C16H14N2S/c17-12-6-7-13-14(10-12)19-15(18-13)16(8-9-16)11-4-2-1-3-5-11/h1-7,10H,8-9,17H2. The van der Waals surface area contributed by atoms with Gasteiger partial charge in [-0.3, -0.25) is 0 Å². The van der Waals surface area contributed by atoms with Crippen molar-refractivity contribution >= 4 is 27.2 Å². The summed E-state index contributed by atoms with van der Waals surface area (Å²) in [6.07, 6.45) is 2.40. The number of hydrogen-bond acceptors (Lipinski definition) is 3. The van der Waals surface area contributed by atoms with Crippen LogP contribution in [0.25, 0.3) is 10.2 Å². The lowest BCUT2D eigenvalue weighted by atomic mass is 9.97. The van der Waals surface area contributed by atoms with Crippen molar-refractivity contribution in [3.05, 3.63) is 59.1 Å². The molecule has 3 heteroatoms. The molecule has 3 aromatic rings. The fourth-order valence-electron chi connectivity index (χ4n) is 2.65. The van der Waals surface area contributed by atoms with Gasteiger partial charge in [-0.2, -0.15) is 0 Å². The predicted molar refractivity (Wildman–Crippen MR) is 80.5 cm³/mol. The predicted octanol–water partition coefficient (Wildman–Crippen LogP) is 3.96. The van der Waals surface area contributed by atoms with Crippen LogP contribution in [0.2, 0.25) is 0 Å². The lowest BCUT2D eigenvalue weighted by molar-refractivity contribution is 0.837. The van der Waals surface area contributed by atoms with Crippen LogP contribution in [-0.2, 0) is 5.41 Å². The van der Waals surface area contributed by atoms with E-state index in [2.05, 4.69) is 30.3 Å². The smallest absolute Gasteiger partial charge is 0.104 e.